The fourth-order valence-corrected chi connectivity index (χ4v) is 2.07. The average Bonchev–Trinajstić information content (AvgIpc) is 2.37. The van der Waals surface area contributed by atoms with Crippen LogP contribution in [0.25, 0.3) is 0 Å². The molecule has 1 saturated heterocycles. The first-order valence-corrected chi connectivity index (χ1v) is 6.37. The third-order valence-corrected chi connectivity index (χ3v) is 3.01. The highest BCUT2D eigenvalue weighted by Gasteiger charge is 2.21. The van der Waals surface area contributed by atoms with E-state index in [-0.39, 0.29) is 30.3 Å². The SMILES string of the molecule is CC1CNCC(COc2ccc(Cl)cc2[N+](=O)[O-])O1. The minimum atomic E-state index is -0.510. The van der Waals surface area contributed by atoms with E-state index in [0.717, 1.165) is 6.54 Å². The Morgan fingerprint density at radius 3 is 3.05 bits per heavy atom. The van der Waals surface area contributed by atoms with Gasteiger partial charge in [0, 0.05) is 24.2 Å². The summed E-state index contributed by atoms with van der Waals surface area (Å²) in [5.41, 5.74) is -0.135. The number of nitro groups is 1. The van der Waals surface area contributed by atoms with Crippen LogP contribution in [0, 0.1) is 10.1 Å². The summed E-state index contributed by atoms with van der Waals surface area (Å²) >= 11 is 5.73. The van der Waals surface area contributed by atoms with E-state index >= 15 is 0 Å². The Morgan fingerprint density at radius 1 is 1.58 bits per heavy atom. The first kappa shape index (κ1) is 14.0. The number of nitrogens with zero attached hydrogens (tertiary/aromatic N) is 1. The number of halogens is 1. The number of morpholine rings is 1. The fourth-order valence-electron chi connectivity index (χ4n) is 1.91. The first-order chi connectivity index (χ1) is 9.06. The molecule has 2 unspecified atom stereocenters. The van der Waals surface area contributed by atoms with Crippen molar-refractivity contribution in [2.45, 2.75) is 19.1 Å². The second kappa shape index (κ2) is 6.18. The molecule has 1 aromatic carbocycles. The van der Waals surface area contributed by atoms with E-state index in [1.165, 1.54) is 12.1 Å². The van der Waals surface area contributed by atoms with Gasteiger partial charge in [0.1, 0.15) is 12.7 Å². The van der Waals surface area contributed by atoms with Gasteiger partial charge in [-0.15, -0.1) is 0 Å². The molecule has 2 atom stereocenters. The smallest absolute Gasteiger partial charge is 0.312 e. The molecule has 2 rings (SSSR count). The van der Waals surface area contributed by atoms with Crippen LogP contribution in [0.1, 0.15) is 6.92 Å². The van der Waals surface area contributed by atoms with E-state index < -0.39 is 4.92 Å². The van der Waals surface area contributed by atoms with E-state index in [0.29, 0.717) is 11.6 Å². The highest BCUT2D eigenvalue weighted by molar-refractivity contribution is 6.30. The minimum absolute atomic E-state index is 0.112. The summed E-state index contributed by atoms with van der Waals surface area (Å²) in [5, 5.41) is 14.4. The molecule has 0 amide bonds. The van der Waals surface area contributed by atoms with Crippen LogP contribution in [0.4, 0.5) is 5.69 Å². The Kier molecular flexibility index (Phi) is 4.57. The molecule has 0 bridgehead atoms. The molecule has 0 aromatic heterocycles. The summed E-state index contributed by atoms with van der Waals surface area (Å²) in [6.45, 7) is 3.70. The first-order valence-electron chi connectivity index (χ1n) is 5.99. The van der Waals surface area contributed by atoms with E-state index in [2.05, 4.69) is 5.32 Å². The summed E-state index contributed by atoms with van der Waals surface area (Å²) in [4.78, 5) is 10.4. The molecular formula is C12H15ClN2O4. The van der Waals surface area contributed by atoms with Crippen molar-refractivity contribution < 1.29 is 14.4 Å². The maximum absolute atomic E-state index is 10.9. The minimum Gasteiger partial charge on any atom is -0.484 e. The lowest BCUT2D eigenvalue weighted by Gasteiger charge is -2.28. The van der Waals surface area contributed by atoms with Crippen LogP contribution in [0.15, 0.2) is 18.2 Å². The van der Waals surface area contributed by atoms with Crippen molar-refractivity contribution in [3.05, 3.63) is 33.3 Å². The van der Waals surface area contributed by atoms with Gasteiger partial charge in [-0.25, -0.2) is 0 Å². The lowest BCUT2D eigenvalue weighted by Crippen LogP contribution is -2.45. The van der Waals surface area contributed by atoms with Crippen molar-refractivity contribution in [1.82, 2.24) is 5.32 Å². The number of rotatable bonds is 4. The Bertz CT molecular complexity index is 469. The van der Waals surface area contributed by atoms with Crippen molar-refractivity contribution in [1.29, 1.82) is 0 Å². The van der Waals surface area contributed by atoms with Gasteiger partial charge in [0.25, 0.3) is 0 Å². The molecule has 1 fully saturated rings. The predicted octanol–water partition coefficient (Wildman–Crippen LogP) is 2.00. The lowest BCUT2D eigenvalue weighted by molar-refractivity contribution is -0.385. The normalized spacial score (nSPS) is 23.1. The molecule has 0 spiro atoms. The number of nitrogens with one attached hydrogen (secondary N) is 1. The number of hydrogen-bond acceptors (Lipinski definition) is 5. The highest BCUT2D eigenvalue weighted by Crippen LogP contribution is 2.30. The monoisotopic (exact) mass is 286 g/mol. The molecule has 1 heterocycles. The van der Waals surface area contributed by atoms with Gasteiger partial charge in [-0.1, -0.05) is 11.6 Å². The van der Waals surface area contributed by atoms with E-state index in [1.807, 2.05) is 6.92 Å². The van der Waals surface area contributed by atoms with Crippen LogP contribution in [0.5, 0.6) is 5.75 Å². The van der Waals surface area contributed by atoms with Gasteiger partial charge < -0.3 is 14.8 Å². The second-order valence-electron chi connectivity index (χ2n) is 4.41. The van der Waals surface area contributed by atoms with E-state index in [4.69, 9.17) is 21.1 Å². The lowest BCUT2D eigenvalue weighted by atomic mass is 10.2. The van der Waals surface area contributed by atoms with Gasteiger partial charge in [-0.05, 0) is 19.1 Å². The van der Waals surface area contributed by atoms with Crippen LogP contribution in [-0.2, 0) is 4.74 Å². The molecule has 6 nitrogen and oxygen atoms in total. The Balaban J connectivity index is 2.01. The number of ether oxygens (including phenoxy) is 2. The summed E-state index contributed by atoms with van der Waals surface area (Å²) in [5.74, 6) is 0.205. The van der Waals surface area contributed by atoms with Gasteiger partial charge in [0.05, 0.1) is 11.0 Å². The third-order valence-electron chi connectivity index (χ3n) is 2.77. The van der Waals surface area contributed by atoms with Gasteiger partial charge in [-0.2, -0.15) is 0 Å². The van der Waals surface area contributed by atoms with Crippen molar-refractivity contribution in [3.63, 3.8) is 0 Å². The Hall–Kier alpha value is -1.37. The van der Waals surface area contributed by atoms with Crippen LogP contribution < -0.4 is 10.1 Å². The zero-order chi connectivity index (χ0) is 13.8. The van der Waals surface area contributed by atoms with E-state index in [1.54, 1.807) is 6.07 Å². The zero-order valence-corrected chi connectivity index (χ0v) is 11.2. The van der Waals surface area contributed by atoms with Crippen molar-refractivity contribution in [3.8, 4) is 5.75 Å². The summed E-state index contributed by atoms with van der Waals surface area (Å²) in [6, 6.07) is 4.34. The van der Waals surface area contributed by atoms with Crippen molar-refractivity contribution in [2.75, 3.05) is 19.7 Å². The highest BCUT2D eigenvalue weighted by atomic mass is 35.5. The maximum Gasteiger partial charge on any atom is 0.312 e. The maximum atomic E-state index is 10.9. The molecule has 0 radical (unpaired) electrons. The summed E-state index contributed by atoms with van der Waals surface area (Å²) < 4.78 is 11.1. The topological polar surface area (TPSA) is 73.6 Å². The second-order valence-corrected chi connectivity index (χ2v) is 4.84. The molecule has 0 saturated carbocycles. The third kappa shape index (κ3) is 3.79. The molecule has 0 aliphatic carbocycles. The molecule has 1 aliphatic heterocycles. The number of nitro benzene ring substituents is 1. The molecule has 19 heavy (non-hydrogen) atoms. The molecule has 7 heteroatoms. The van der Waals surface area contributed by atoms with Crippen LogP contribution in [0.2, 0.25) is 5.02 Å². The van der Waals surface area contributed by atoms with Gasteiger partial charge >= 0.3 is 5.69 Å². The largest absolute Gasteiger partial charge is 0.484 e. The quantitative estimate of drug-likeness (QED) is 0.677. The summed E-state index contributed by atoms with van der Waals surface area (Å²) in [6.07, 6.45) is 0.00147. The number of benzene rings is 1. The fraction of sp³-hybridized carbons (Fsp3) is 0.500. The van der Waals surface area contributed by atoms with Gasteiger partial charge in [0.15, 0.2) is 5.75 Å². The van der Waals surface area contributed by atoms with Crippen LogP contribution in [0.3, 0.4) is 0 Å². The molecule has 104 valence electrons. The van der Waals surface area contributed by atoms with Gasteiger partial charge in [0.2, 0.25) is 0 Å². The van der Waals surface area contributed by atoms with E-state index in [9.17, 15) is 10.1 Å². The number of hydrogen-bond donors (Lipinski definition) is 1. The van der Waals surface area contributed by atoms with Gasteiger partial charge in [-0.3, -0.25) is 10.1 Å². The molecular weight excluding hydrogens is 272 g/mol. The van der Waals surface area contributed by atoms with Crippen LogP contribution in [-0.4, -0.2) is 36.8 Å². The standard InChI is InChI=1S/C12H15ClN2O4/c1-8-5-14-6-10(19-8)7-18-12-3-2-9(13)4-11(12)15(16)17/h2-4,8,10,14H,5-7H2,1H3. The van der Waals surface area contributed by atoms with Crippen molar-refractivity contribution >= 4 is 17.3 Å². The predicted molar refractivity (Wildman–Crippen MR) is 70.8 cm³/mol. The Labute approximate surface area is 115 Å². The zero-order valence-electron chi connectivity index (χ0n) is 10.5. The van der Waals surface area contributed by atoms with Crippen molar-refractivity contribution in [2.24, 2.45) is 0 Å². The molecule has 1 N–H and O–H groups in total. The Morgan fingerprint density at radius 2 is 2.37 bits per heavy atom. The molecule has 1 aromatic rings. The molecule has 1 aliphatic rings. The summed E-state index contributed by atoms with van der Waals surface area (Å²) in [7, 11) is 0. The van der Waals surface area contributed by atoms with Crippen LogP contribution >= 0.6 is 11.6 Å². The average molecular weight is 287 g/mol.